The minimum Gasteiger partial charge on any atom is -0.465 e. The molecule has 2 aromatic heterocycles. The van der Waals surface area contributed by atoms with Gasteiger partial charge in [-0.3, -0.25) is 0 Å². The molecule has 7 heteroatoms. The van der Waals surface area contributed by atoms with Crippen LogP contribution in [0.2, 0.25) is 5.02 Å². The summed E-state index contributed by atoms with van der Waals surface area (Å²) in [4.78, 5) is 13.2. The molecule has 3 heterocycles. The fraction of sp³-hybridized carbons (Fsp3) is 0.208. The van der Waals surface area contributed by atoms with E-state index in [0.717, 1.165) is 38.2 Å². The number of carbonyl (C=O) groups excluding carboxylic acids is 1. The number of fused-ring (bicyclic) bond motifs is 1. The van der Waals surface area contributed by atoms with Crippen LogP contribution in [0.4, 0.5) is 0 Å². The molecule has 4 aromatic rings. The third-order valence-electron chi connectivity index (χ3n) is 5.46. The quantitative estimate of drug-likeness (QED) is 0.352. The maximum atomic E-state index is 12.7. The number of thiophene rings is 1. The summed E-state index contributed by atoms with van der Waals surface area (Å²) < 4.78 is 19.8. The molecule has 0 N–H and O–H groups in total. The van der Waals surface area contributed by atoms with Gasteiger partial charge in [0.1, 0.15) is 4.88 Å². The van der Waals surface area contributed by atoms with Gasteiger partial charge in [0.15, 0.2) is 6.29 Å². The second-order valence-corrected chi connectivity index (χ2v) is 8.70. The van der Waals surface area contributed by atoms with Crippen LogP contribution in [0.25, 0.3) is 32.6 Å². The number of carbonyl (C=O) groups is 1. The van der Waals surface area contributed by atoms with Crippen LogP contribution >= 0.6 is 22.9 Å². The number of ether oxygens (including phenoxy) is 3. The van der Waals surface area contributed by atoms with E-state index in [9.17, 15) is 4.79 Å². The summed E-state index contributed by atoms with van der Waals surface area (Å²) in [7, 11) is 3.40. The zero-order valence-electron chi connectivity index (χ0n) is 17.1. The van der Waals surface area contributed by atoms with E-state index in [1.54, 1.807) is 0 Å². The third-order valence-corrected chi connectivity index (χ3v) is 6.91. The van der Waals surface area contributed by atoms with Gasteiger partial charge >= 0.3 is 5.97 Å². The first-order valence-electron chi connectivity index (χ1n) is 9.88. The lowest BCUT2D eigenvalue weighted by molar-refractivity contribution is -0.0436. The Bertz CT molecular complexity index is 1250. The van der Waals surface area contributed by atoms with Crippen LogP contribution in [0, 0.1) is 0 Å². The Kier molecular flexibility index (Phi) is 5.32. The predicted octanol–water partition coefficient (Wildman–Crippen LogP) is 6.06. The van der Waals surface area contributed by atoms with Crippen molar-refractivity contribution < 1.29 is 19.0 Å². The van der Waals surface area contributed by atoms with Crippen molar-refractivity contribution in [2.75, 3.05) is 20.3 Å². The molecule has 2 aromatic carbocycles. The van der Waals surface area contributed by atoms with Gasteiger partial charge in [-0.05, 0) is 23.3 Å². The van der Waals surface area contributed by atoms with Crippen LogP contribution < -0.4 is 0 Å². The number of nitrogens with zero attached hydrogens (tertiary/aromatic N) is 1. The number of methoxy groups -OCH3 is 1. The van der Waals surface area contributed by atoms with E-state index in [2.05, 4.69) is 16.7 Å². The molecule has 0 unspecified atom stereocenters. The Morgan fingerprint density at radius 3 is 2.39 bits per heavy atom. The van der Waals surface area contributed by atoms with Crippen molar-refractivity contribution in [3.63, 3.8) is 0 Å². The monoisotopic (exact) mass is 453 g/mol. The number of benzene rings is 2. The number of hydrogen-bond donors (Lipinski definition) is 0. The van der Waals surface area contributed by atoms with Crippen LogP contribution in [0.3, 0.4) is 0 Å². The molecule has 0 atom stereocenters. The Labute approximate surface area is 188 Å². The molecule has 158 valence electrons. The maximum Gasteiger partial charge on any atom is 0.348 e. The average Bonchev–Trinajstić information content (AvgIpc) is 3.51. The predicted molar refractivity (Wildman–Crippen MR) is 123 cm³/mol. The molecule has 5 rings (SSSR count). The van der Waals surface area contributed by atoms with Gasteiger partial charge in [-0.2, -0.15) is 0 Å². The molecule has 0 radical (unpaired) electrons. The zero-order valence-corrected chi connectivity index (χ0v) is 18.6. The molecule has 1 aliphatic heterocycles. The summed E-state index contributed by atoms with van der Waals surface area (Å²) in [5.74, 6) is -0.387. The second-order valence-electron chi connectivity index (χ2n) is 7.24. The topological polar surface area (TPSA) is 49.7 Å². The smallest absolute Gasteiger partial charge is 0.348 e. The molecular weight excluding hydrogens is 434 g/mol. The molecule has 1 aliphatic rings. The van der Waals surface area contributed by atoms with Gasteiger partial charge in [-0.1, -0.05) is 54.1 Å². The van der Waals surface area contributed by atoms with Gasteiger partial charge in [-0.25, -0.2) is 4.79 Å². The van der Waals surface area contributed by atoms with Crippen molar-refractivity contribution in [3.05, 3.63) is 70.1 Å². The minimum atomic E-state index is -0.599. The Morgan fingerprint density at radius 2 is 1.74 bits per heavy atom. The highest BCUT2D eigenvalue weighted by molar-refractivity contribution is 7.21. The summed E-state index contributed by atoms with van der Waals surface area (Å²) in [6.07, 6.45) is -0.599. The van der Waals surface area contributed by atoms with E-state index in [1.165, 1.54) is 18.4 Å². The molecule has 0 bridgehead atoms. The highest BCUT2D eigenvalue weighted by Crippen LogP contribution is 2.48. The Morgan fingerprint density at radius 1 is 1.06 bits per heavy atom. The van der Waals surface area contributed by atoms with E-state index in [0.29, 0.717) is 23.1 Å². The Balaban J connectivity index is 1.87. The van der Waals surface area contributed by atoms with Crippen LogP contribution in [0.15, 0.2) is 54.6 Å². The molecule has 1 saturated heterocycles. The fourth-order valence-electron chi connectivity index (χ4n) is 4.13. The number of halogens is 1. The number of hydrogen-bond acceptors (Lipinski definition) is 5. The normalized spacial score (nSPS) is 14.4. The molecule has 0 aliphatic carbocycles. The maximum absolute atomic E-state index is 12.7. The highest BCUT2D eigenvalue weighted by Gasteiger charge is 2.34. The second kappa shape index (κ2) is 8.13. The van der Waals surface area contributed by atoms with E-state index >= 15 is 0 Å². The van der Waals surface area contributed by atoms with E-state index in [-0.39, 0.29) is 5.97 Å². The molecule has 0 saturated carbocycles. The number of esters is 1. The van der Waals surface area contributed by atoms with Crippen LogP contribution in [-0.2, 0) is 21.3 Å². The lowest BCUT2D eigenvalue weighted by Crippen LogP contribution is -2.08. The van der Waals surface area contributed by atoms with Gasteiger partial charge in [0.25, 0.3) is 0 Å². The van der Waals surface area contributed by atoms with Gasteiger partial charge < -0.3 is 18.8 Å². The lowest BCUT2D eigenvalue weighted by Gasteiger charge is -2.13. The first-order chi connectivity index (χ1) is 15.1. The van der Waals surface area contributed by atoms with Gasteiger partial charge in [0.2, 0.25) is 0 Å². The minimum absolute atomic E-state index is 0.387. The standard InChI is InChI=1S/C24H20ClNO4S/c1-26-19(15-8-10-16(25)11-9-15)17(14-6-4-3-5-7-14)21-20(26)18(24-29-12-13-30-24)22(31-21)23(27)28-2/h3-11,24H,12-13H2,1-2H3. The summed E-state index contributed by atoms with van der Waals surface area (Å²) in [6.45, 7) is 0.977. The number of aryl methyl sites for hydroxylation is 1. The van der Waals surface area contributed by atoms with Crippen molar-refractivity contribution in [1.29, 1.82) is 0 Å². The van der Waals surface area contributed by atoms with Gasteiger partial charge in [0.05, 0.1) is 41.8 Å². The zero-order chi connectivity index (χ0) is 21.5. The van der Waals surface area contributed by atoms with Gasteiger partial charge in [0, 0.05) is 17.6 Å². The first-order valence-corrected chi connectivity index (χ1v) is 11.1. The number of rotatable bonds is 4. The molecule has 31 heavy (non-hydrogen) atoms. The van der Waals surface area contributed by atoms with E-state index in [1.807, 2.05) is 49.5 Å². The van der Waals surface area contributed by atoms with Crippen molar-refractivity contribution >= 4 is 39.1 Å². The third kappa shape index (κ3) is 3.36. The average molecular weight is 454 g/mol. The summed E-state index contributed by atoms with van der Waals surface area (Å²) >= 11 is 7.56. The van der Waals surface area contributed by atoms with Crippen LogP contribution in [0.1, 0.15) is 21.5 Å². The molecule has 0 amide bonds. The van der Waals surface area contributed by atoms with Crippen LogP contribution in [0.5, 0.6) is 0 Å². The highest BCUT2D eigenvalue weighted by atomic mass is 35.5. The van der Waals surface area contributed by atoms with Crippen LogP contribution in [-0.4, -0.2) is 30.9 Å². The molecular formula is C24H20ClNO4S. The van der Waals surface area contributed by atoms with Crippen molar-refractivity contribution in [3.8, 4) is 22.4 Å². The van der Waals surface area contributed by atoms with E-state index < -0.39 is 6.29 Å². The molecule has 0 spiro atoms. The van der Waals surface area contributed by atoms with Gasteiger partial charge in [-0.15, -0.1) is 11.3 Å². The summed E-state index contributed by atoms with van der Waals surface area (Å²) in [6, 6.07) is 18.0. The lowest BCUT2D eigenvalue weighted by atomic mass is 10.0. The van der Waals surface area contributed by atoms with Crippen molar-refractivity contribution in [1.82, 2.24) is 4.57 Å². The molecule has 1 fully saturated rings. The Hall–Kier alpha value is -2.64. The fourth-order valence-corrected chi connectivity index (χ4v) is 5.59. The number of aromatic nitrogens is 1. The van der Waals surface area contributed by atoms with E-state index in [4.69, 9.17) is 25.8 Å². The van der Waals surface area contributed by atoms with Crippen molar-refractivity contribution in [2.24, 2.45) is 7.05 Å². The first kappa shape index (κ1) is 20.3. The summed E-state index contributed by atoms with van der Waals surface area (Å²) in [5, 5.41) is 0.683. The summed E-state index contributed by atoms with van der Waals surface area (Å²) in [5.41, 5.74) is 5.84. The van der Waals surface area contributed by atoms with Crippen molar-refractivity contribution in [2.45, 2.75) is 6.29 Å². The molecule has 5 nitrogen and oxygen atoms in total. The largest absolute Gasteiger partial charge is 0.465 e. The SMILES string of the molecule is COC(=O)c1sc2c(-c3ccccc3)c(-c3ccc(Cl)cc3)n(C)c2c1C1OCCO1.